The number of hydrogen-bond acceptors (Lipinski definition) is 3. The summed E-state index contributed by atoms with van der Waals surface area (Å²) < 4.78 is 5.36. The summed E-state index contributed by atoms with van der Waals surface area (Å²) in [7, 11) is 1.69. The number of nitrogens with one attached hydrogen (secondary N) is 2. The van der Waals surface area contributed by atoms with Gasteiger partial charge < -0.3 is 15.4 Å². The molecule has 1 saturated heterocycles. The van der Waals surface area contributed by atoms with E-state index in [0.717, 1.165) is 19.5 Å². The second-order valence-corrected chi connectivity index (χ2v) is 6.36. The first-order chi connectivity index (χ1) is 10.0. The highest BCUT2D eigenvalue weighted by molar-refractivity contribution is 5.76. The SMILES string of the molecule is CO[C@H]1CNC[C@@H]1NC(=O)CCC(C)(C)c1ccccc1. The molecule has 4 heteroatoms. The lowest BCUT2D eigenvalue weighted by atomic mass is 9.80. The van der Waals surface area contributed by atoms with Gasteiger partial charge in [0.15, 0.2) is 0 Å². The molecule has 2 N–H and O–H groups in total. The van der Waals surface area contributed by atoms with E-state index in [9.17, 15) is 4.79 Å². The second-order valence-electron chi connectivity index (χ2n) is 6.36. The van der Waals surface area contributed by atoms with Gasteiger partial charge in [0.1, 0.15) is 0 Å². The van der Waals surface area contributed by atoms with Gasteiger partial charge in [-0.1, -0.05) is 44.2 Å². The maximum atomic E-state index is 12.1. The second kappa shape index (κ2) is 7.05. The summed E-state index contributed by atoms with van der Waals surface area (Å²) in [6, 6.07) is 10.4. The summed E-state index contributed by atoms with van der Waals surface area (Å²) in [6.07, 6.45) is 1.45. The Morgan fingerprint density at radius 1 is 1.33 bits per heavy atom. The third-order valence-corrected chi connectivity index (χ3v) is 4.34. The average molecular weight is 290 g/mol. The van der Waals surface area contributed by atoms with Gasteiger partial charge in [0.05, 0.1) is 12.1 Å². The topological polar surface area (TPSA) is 50.4 Å². The summed E-state index contributed by atoms with van der Waals surface area (Å²) in [6.45, 7) is 5.96. The number of rotatable bonds is 6. The van der Waals surface area contributed by atoms with E-state index >= 15 is 0 Å². The molecule has 0 radical (unpaired) electrons. The smallest absolute Gasteiger partial charge is 0.220 e. The van der Waals surface area contributed by atoms with E-state index in [2.05, 4.69) is 36.6 Å². The molecule has 1 aliphatic rings. The van der Waals surface area contributed by atoms with E-state index in [0.29, 0.717) is 6.42 Å². The fourth-order valence-electron chi connectivity index (χ4n) is 2.79. The van der Waals surface area contributed by atoms with Crippen molar-refractivity contribution in [2.24, 2.45) is 0 Å². The molecular formula is C17H26N2O2. The van der Waals surface area contributed by atoms with Crippen molar-refractivity contribution in [3.05, 3.63) is 35.9 Å². The molecular weight excluding hydrogens is 264 g/mol. The van der Waals surface area contributed by atoms with Crippen molar-refractivity contribution in [1.29, 1.82) is 0 Å². The van der Waals surface area contributed by atoms with Crippen molar-refractivity contribution in [2.75, 3.05) is 20.2 Å². The van der Waals surface area contributed by atoms with Crippen LogP contribution in [0.25, 0.3) is 0 Å². The van der Waals surface area contributed by atoms with Crippen LogP contribution in [0.2, 0.25) is 0 Å². The molecule has 116 valence electrons. The Morgan fingerprint density at radius 3 is 2.71 bits per heavy atom. The van der Waals surface area contributed by atoms with Gasteiger partial charge in [0.25, 0.3) is 0 Å². The number of hydrogen-bond donors (Lipinski definition) is 2. The van der Waals surface area contributed by atoms with Crippen molar-refractivity contribution in [2.45, 2.75) is 44.2 Å². The van der Waals surface area contributed by atoms with Gasteiger partial charge in [-0.15, -0.1) is 0 Å². The van der Waals surface area contributed by atoms with Crippen molar-refractivity contribution in [1.82, 2.24) is 10.6 Å². The minimum atomic E-state index is 0.00713. The first-order valence-corrected chi connectivity index (χ1v) is 7.61. The first kappa shape index (κ1) is 16.0. The highest BCUT2D eigenvalue weighted by Crippen LogP contribution is 2.28. The van der Waals surface area contributed by atoms with Gasteiger partial charge in [0.2, 0.25) is 5.91 Å². The Hall–Kier alpha value is -1.39. The fraction of sp³-hybridized carbons (Fsp3) is 0.588. The normalized spacial score (nSPS) is 22.2. The minimum Gasteiger partial charge on any atom is -0.378 e. The van der Waals surface area contributed by atoms with Crippen LogP contribution in [0.5, 0.6) is 0 Å². The van der Waals surface area contributed by atoms with Crippen molar-refractivity contribution in [3.8, 4) is 0 Å². The van der Waals surface area contributed by atoms with E-state index in [-0.39, 0.29) is 23.5 Å². The van der Waals surface area contributed by atoms with E-state index in [4.69, 9.17) is 4.74 Å². The molecule has 0 bridgehead atoms. The van der Waals surface area contributed by atoms with Crippen LogP contribution in [-0.4, -0.2) is 38.3 Å². The molecule has 1 fully saturated rings. The highest BCUT2D eigenvalue weighted by Gasteiger charge is 2.29. The lowest BCUT2D eigenvalue weighted by Crippen LogP contribution is -2.43. The third kappa shape index (κ3) is 4.29. The maximum absolute atomic E-state index is 12.1. The van der Waals surface area contributed by atoms with E-state index < -0.39 is 0 Å². The summed E-state index contributed by atoms with van der Waals surface area (Å²) in [4.78, 5) is 12.1. The summed E-state index contributed by atoms with van der Waals surface area (Å²) in [5.41, 5.74) is 1.28. The van der Waals surface area contributed by atoms with E-state index in [1.165, 1.54) is 5.56 Å². The maximum Gasteiger partial charge on any atom is 0.220 e. The van der Waals surface area contributed by atoms with Gasteiger partial charge in [0, 0.05) is 26.6 Å². The molecule has 4 nitrogen and oxygen atoms in total. The third-order valence-electron chi connectivity index (χ3n) is 4.34. The van der Waals surface area contributed by atoms with Crippen LogP contribution in [0.3, 0.4) is 0 Å². The molecule has 0 saturated carbocycles. The molecule has 1 aromatic rings. The molecule has 0 spiro atoms. The number of carbonyl (C=O) groups is 1. The predicted octanol–water partition coefficient (Wildman–Crippen LogP) is 1.85. The molecule has 0 unspecified atom stereocenters. The highest BCUT2D eigenvalue weighted by atomic mass is 16.5. The molecule has 0 aromatic heterocycles. The van der Waals surface area contributed by atoms with Crippen LogP contribution < -0.4 is 10.6 Å². The Bertz CT molecular complexity index is 459. The average Bonchev–Trinajstić information content (AvgIpc) is 2.93. The molecule has 0 aliphatic carbocycles. The first-order valence-electron chi connectivity index (χ1n) is 7.61. The largest absolute Gasteiger partial charge is 0.378 e. The van der Waals surface area contributed by atoms with Crippen LogP contribution in [0, 0.1) is 0 Å². The zero-order valence-corrected chi connectivity index (χ0v) is 13.2. The Kier molecular flexibility index (Phi) is 5.37. The van der Waals surface area contributed by atoms with Crippen LogP contribution in [0.4, 0.5) is 0 Å². The number of benzene rings is 1. The standard InChI is InChI=1S/C17H26N2O2/c1-17(2,13-7-5-4-6-8-13)10-9-16(20)19-14-11-18-12-15(14)21-3/h4-8,14-15,18H,9-12H2,1-3H3,(H,19,20)/t14-,15-/m0/s1. The Labute approximate surface area is 127 Å². The van der Waals surface area contributed by atoms with Crippen LogP contribution in [0.1, 0.15) is 32.3 Å². The molecule has 1 aliphatic heterocycles. The summed E-state index contributed by atoms with van der Waals surface area (Å²) >= 11 is 0. The van der Waals surface area contributed by atoms with Crippen molar-refractivity contribution in [3.63, 3.8) is 0 Å². The van der Waals surface area contributed by atoms with Crippen LogP contribution in [-0.2, 0) is 14.9 Å². The number of methoxy groups -OCH3 is 1. The zero-order valence-electron chi connectivity index (χ0n) is 13.2. The Balaban J connectivity index is 1.83. The monoisotopic (exact) mass is 290 g/mol. The quantitative estimate of drug-likeness (QED) is 0.840. The molecule has 21 heavy (non-hydrogen) atoms. The fourth-order valence-corrected chi connectivity index (χ4v) is 2.79. The summed E-state index contributed by atoms with van der Waals surface area (Å²) in [5.74, 6) is 0.106. The zero-order chi connectivity index (χ0) is 15.3. The predicted molar refractivity (Wildman–Crippen MR) is 84.3 cm³/mol. The minimum absolute atomic E-state index is 0.00713. The number of carbonyl (C=O) groups excluding carboxylic acids is 1. The lowest BCUT2D eigenvalue weighted by molar-refractivity contribution is -0.122. The number of amides is 1. The van der Waals surface area contributed by atoms with Crippen molar-refractivity contribution < 1.29 is 9.53 Å². The van der Waals surface area contributed by atoms with Gasteiger partial charge >= 0.3 is 0 Å². The summed E-state index contributed by atoms with van der Waals surface area (Å²) in [5, 5.41) is 6.31. The van der Waals surface area contributed by atoms with Crippen molar-refractivity contribution >= 4 is 5.91 Å². The van der Waals surface area contributed by atoms with E-state index in [1.54, 1.807) is 7.11 Å². The molecule has 1 amide bonds. The Morgan fingerprint density at radius 2 is 2.05 bits per heavy atom. The van der Waals surface area contributed by atoms with Gasteiger partial charge in [-0.3, -0.25) is 4.79 Å². The van der Waals surface area contributed by atoms with Crippen LogP contribution >= 0.6 is 0 Å². The van der Waals surface area contributed by atoms with Gasteiger partial charge in [-0.2, -0.15) is 0 Å². The molecule has 2 atom stereocenters. The van der Waals surface area contributed by atoms with Gasteiger partial charge in [-0.05, 0) is 17.4 Å². The van der Waals surface area contributed by atoms with Crippen LogP contribution in [0.15, 0.2) is 30.3 Å². The van der Waals surface area contributed by atoms with Gasteiger partial charge in [-0.25, -0.2) is 0 Å². The molecule has 1 heterocycles. The lowest BCUT2D eigenvalue weighted by Gasteiger charge is -2.26. The number of ether oxygens (including phenoxy) is 1. The molecule has 1 aromatic carbocycles. The molecule has 2 rings (SSSR count). The van der Waals surface area contributed by atoms with E-state index in [1.807, 2.05) is 18.2 Å².